The lowest BCUT2D eigenvalue weighted by Gasteiger charge is -2.33. The average molecular weight is 569 g/mol. The average Bonchev–Trinajstić information content (AvgIpc) is 3.58. The number of likely N-dealkylation sites (tertiary alicyclic amines) is 1. The van der Waals surface area contributed by atoms with Crippen LogP contribution >= 0.6 is 0 Å². The topological polar surface area (TPSA) is 63.0 Å². The minimum absolute atomic E-state index is 0.0470. The lowest BCUT2D eigenvalue weighted by molar-refractivity contribution is -0.132. The molecule has 1 amide bonds. The molecule has 6 heteroatoms. The molecule has 0 bridgehead atoms. The highest BCUT2D eigenvalue weighted by Gasteiger charge is 2.29. The Bertz CT molecular complexity index is 1910. The smallest absolute Gasteiger partial charge is 0.326 e. The van der Waals surface area contributed by atoms with Gasteiger partial charge in [0.15, 0.2) is 0 Å². The van der Waals surface area contributed by atoms with Crippen LogP contribution in [0.3, 0.4) is 0 Å². The molecule has 1 aliphatic rings. The molecule has 2 aromatic heterocycles. The quantitative estimate of drug-likeness (QED) is 0.217. The first kappa shape index (κ1) is 27.0. The van der Waals surface area contributed by atoms with E-state index in [0.717, 1.165) is 36.8 Å². The van der Waals surface area contributed by atoms with Gasteiger partial charge in [0.1, 0.15) is 0 Å². The van der Waals surface area contributed by atoms with E-state index < -0.39 is 0 Å². The van der Waals surface area contributed by atoms with E-state index in [2.05, 4.69) is 88.5 Å². The van der Waals surface area contributed by atoms with Crippen LogP contribution in [0, 0.1) is 0 Å². The van der Waals surface area contributed by atoms with Gasteiger partial charge in [-0.25, -0.2) is 4.79 Å². The molecule has 6 nitrogen and oxygen atoms in total. The number of aromatic amines is 1. The number of aromatic nitrogens is 3. The van der Waals surface area contributed by atoms with Crippen molar-refractivity contribution in [1.82, 2.24) is 19.0 Å². The van der Waals surface area contributed by atoms with Crippen LogP contribution in [0.4, 0.5) is 0 Å². The van der Waals surface area contributed by atoms with Crippen LogP contribution in [0.2, 0.25) is 0 Å². The second-order valence-corrected chi connectivity index (χ2v) is 11.7. The third-order valence-corrected chi connectivity index (χ3v) is 9.01. The van der Waals surface area contributed by atoms with Crippen molar-refractivity contribution < 1.29 is 4.79 Å². The van der Waals surface area contributed by atoms with Gasteiger partial charge >= 0.3 is 5.69 Å². The maximum Gasteiger partial charge on any atom is 0.326 e. The summed E-state index contributed by atoms with van der Waals surface area (Å²) in [5.74, 6) is 0.233. The Labute approximate surface area is 251 Å². The Morgan fingerprint density at radius 2 is 1.40 bits per heavy atom. The number of hydrogen-bond donors (Lipinski definition) is 1. The summed E-state index contributed by atoms with van der Waals surface area (Å²) in [6.07, 6.45) is 5.06. The number of hydrogen-bond acceptors (Lipinski definition) is 2. The third-order valence-electron chi connectivity index (χ3n) is 9.01. The van der Waals surface area contributed by atoms with Crippen LogP contribution < -0.4 is 5.69 Å². The van der Waals surface area contributed by atoms with Crippen LogP contribution in [0.1, 0.15) is 47.9 Å². The van der Waals surface area contributed by atoms with E-state index in [-0.39, 0.29) is 23.6 Å². The number of benzene rings is 4. The van der Waals surface area contributed by atoms with Gasteiger partial charge in [-0.3, -0.25) is 9.36 Å². The molecule has 1 saturated heterocycles. The van der Waals surface area contributed by atoms with Gasteiger partial charge in [0.25, 0.3) is 0 Å². The van der Waals surface area contributed by atoms with Gasteiger partial charge in [0, 0.05) is 49.2 Å². The first-order valence-electron chi connectivity index (χ1n) is 15.3. The summed E-state index contributed by atoms with van der Waals surface area (Å²) in [7, 11) is 0. The minimum atomic E-state index is -0.0687. The summed E-state index contributed by atoms with van der Waals surface area (Å²) < 4.78 is 4.21. The fraction of sp³-hybridized carbons (Fsp3) is 0.243. The summed E-state index contributed by atoms with van der Waals surface area (Å²) in [6, 6.07) is 37.5. The van der Waals surface area contributed by atoms with Gasteiger partial charge in [0.05, 0.1) is 11.0 Å². The van der Waals surface area contributed by atoms with Crippen LogP contribution in [-0.4, -0.2) is 38.0 Å². The van der Waals surface area contributed by atoms with E-state index in [1.807, 2.05) is 45.9 Å². The van der Waals surface area contributed by atoms with Crippen LogP contribution in [0.15, 0.2) is 120 Å². The highest BCUT2D eigenvalue weighted by atomic mass is 16.2. The summed E-state index contributed by atoms with van der Waals surface area (Å²) in [5.41, 5.74) is 6.63. The first-order chi connectivity index (χ1) is 21.1. The lowest BCUT2D eigenvalue weighted by atomic mass is 9.88. The number of carbonyl (C=O) groups is 1. The molecule has 43 heavy (non-hydrogen) atoms. The summed E-state index contributed by atoms with van der Waals surface area (Å²) >= 11 is 0. The number of rotatable bonds is 8. The summed E-state index contributed by atoms with van der Waals surface area (Å²) in [4.78, 5) is 31.7. The number of carbonyl (C=O) groups excluding carboxylic acids is 1. The largest absolute Gasteiger partial charge is 0.343 e. The predicted octanol–water partition coefficient (Wildman–Crippen LogP) is 6.91. The molecule has 0 radical (unpaired) electrons. The number of para-hydroxylation sites is 3. The van der Waals surface area contributed by atoms with Gasteiger partial charge in [-0.15, -0.1) is 0 Å². The molecule has 3 heterocycles. The van der Waals surface area contributed by atoms with Gasteiger partial charge in [-0.1, -0.05) is 91.0 Å². The third kappa shape index (κ3) is 5.53. The van der Waals surface area contributed by atoms with Gasteiger partial charge < -0.3 is 14.5 Å². The van der Waals surface area contributed by atoms with Crippen molar-refractivity contribution in [3.8, 4) is 0 Å². The van der Waals surface area contributed by atoms with Crippen LogP contribution in [0.25, 0.3) is 21.9 Å². The molecular formula is C37H36N4O2. The Hall–Kier alpha value is -4.84. The Morgan fingerprint density at radius 1 is 0.767 bits per heavy atom. The number of piperidine rings is 1. The van der Waals surface area contributed by atoms with Gasteiger partial charge in [-0.2, -0.15) is 0 Å². The number of fused-ring (bicyclic) bond motifs is 2. The fourth-order valence-electron chi connectivity index (χ4n) is 6.85. The molecule has 0 saturated carbocycles. The zero-order valence-corrected chi connectivity index (χ0v) is 24.2. The summed E-state index contributed by atoms with van der Waals surface area (Å²) in [5, 5.41) is 1.21. The van der Waals surface area contributed by atoms with Crippen molar-refractivity contribution in [1.29, 1.82) is 0 Å². The zero-order valence-electron chi connectivity index (χ0n) is 24.2. The van der Waals surface area contributed by atoms with Crippen molar-refractivity contribution in [2.75, 3.05) is 13.1 Å². The number of H-pyrrole nitrogens is 1. The van der Waals surface area contributed by atoms with Crippen molar-refractivity contribution in [3.05, 3.63) is 143 Å². The molecule has 7 rings (SSSR count). The molecule has 1 fully saturated rings. The SMILES string of the molecule is O=C(CC(Cc1ccccc1)c1cn(Cc2ccccc2)c2ccccc12)N1CCC(n2c(=O)[nH]c3ccccc32)CC1. The molecule has 1 atom stereocenters. The van der Waals surface area contributed by atoms with Crippen LogP contribution in [0.5, 0.6) is 0 Å². The Morgan fingerprint density at radius 3 is 2.14 bits per heavy atom. The van der Waals surface area contributed by atoms with Crippen molar-refractivity contribution in [3.63, 3.8) is 0 Å². The van der Waals surface area contributed by atoms with E-state index in [1.165, 1.54) is 27.6 Å². The fourth-order valence-corrected chi connectivity index (χ4v) is 6.85. The normalized spacial score (nSPS) is 14.8. The monoisotopic (exact) mass is 568 g/mol. The Balaban J connectivity index is 1.14. The lowest BCUT2D eigenvalue weighted by Crippen LogP contribution is -2.41. The van der Waals surface area contributed by atoms with Gasteiger partial charge in [0.2, 0.25) is 5.91 Å². The number of nitrogens with one attached hydrogen (secondary N) is 1. The second kappa shape index (κ2) is 11.8. The number of amides is 1. The van der Waals surface area contributed by atoms with Crippen molar-refractivity contribution in [2.45, 2.75) is 44.2 Å². The summed E-state index contributed by atoms with van der Waals surface area (Å²) in [6.45, 7) is 2.10. The molecule has 6 aromatic rings. The van der Waals surface area contributed by atoms with E-state index in [9.17, 15) is 9.59 Å². The maximum atomic E-state index is 13.9. The molecule has 1 unspecified atom stereocenters. The van der Waals surface area contributed by atoms with Crippen LogP contribution in [-0.2, 0) is 17.8 Å². The molecule has 216 valence electrons. The molecule has 1 N–H and O–H groups in total. The van der Waals surface area contributed by atoms with Crippen molar-refractivity contribution in [2.24, 2.45) is 0 Å². The van der Waals surface area contributed by atoms with Gasteiger partial charge in [-0.05, 0) is 60.1 Å². The molecule has 0 aliphatic carbocycles. The Kier molecular flexibility index (Phi) is 7.42. The molecule has 0 spiro atoms. The second-order valence-electron chi connectivity index (χ2n) is 11.7. The highest BCUT2D eigenvalue weighted by Crippen LogP contribution is 2.34. The van der Waals surface area contributed by atoms with E-state index in [0.29, 0.717) is 19.5 Å². The van der Waals surface area contributed by atoms with E-state index in [1.54, 1.807) is 0 Å². The number of imidazole rings is 1. The van der Waals surface area contributed by atoms with Crippen molar-refractivity contribution >= 4 is 27.8 Å². The van der Waals surface area contributed by atoms with E-state index >= 15 is 0 Å². The zero-order chi connectivity index (χ0) is 29.2. The minimum Gasteiger partial charge on any atom is -0.343 e. The first-order valence-corrected chi connectivity index (χ1v) is 15.3. The molecular weight excluding hydrogens is 532 g/mol. The molecule has 1 aliphatic heterocycles. The molecule has 4 aromatic carbocycles. The van der Waals surface area contributed by atoms with E-state index in [4.69, 9.17) is 0 Å². The highest BCUT2D eigenvalue weighted by molar-refractivity contribution is 5.86. The standard InChI is InChI=1S/C37H36N4O2/c42-36(39-21-19-30(20-22-39)41-35-18-10-8-16-33(35)38-37(41)43)24-29(23-27-11-3-1-4-12-27)32-26-40(25-28-13-5-2-6-14-28)34-17-9-7-15-31(32)34/h1-18,26,29-30H,19-25H2,(H,38,43). The maximum absolute atomic E-state index is 13.9. The predicted molar refractivity (Wildman–Crippen MR) is 172 cm³/mol. The number of nitrogens with zero attached hydrogens (tertiary/aromatic N) is 3.